The summed E-state index contributed by atoms with van der Waals surface area (Å²) in [5.74, 6) is 5.15. The number of aromatic nitrogens is 2. The Morgan fingerprint density at radius 2 is 1.77 bits per heavy atom. The van der Waals surface area contributed by atoms with Gasteiger partial charge in [-0.2, -0.15) is 15.6 Å². The first-order valence-electron chi connectivity index (χ1n) is 13.9. The molecule has 1 heterocycles. The zero-order valence-corrected chi connectivity index (χ0v) is 21.1. The van der Waals surface area contributed by atoms with Crippen LogP contribution in [0.4, 0.5) is 0 Å². The maximum absolute atomic E-state index is 13.8. The second-order valence-corrected chi connectivity index (χ2v) is 13.2. The molecule has 0 aliphatic heterocycles. The number of aliphatic hydroxyl groups is 1. The third kappa shape index (κ3) is 3.75. The van der Waals surface area contributed by atoms with Crippen molar-refractivity contribution in [1.29, 1.82) is 10.5 Å². The quantitative estimate of drug-likeness (QED) is 0.672. The van der Waals surface area contributed by atoms with Crippen LogP contribution in [0.1, 0.15) is 89.4 Å². The Kier molecular flexibility index (Phi) is 5.42. The van der Waals surface area contributed by atoms with Crippen molar-refractivity contribution in [1.82, 2.24) is 9.78 Å². The molecule has 1 aromatic heterocycles. The maximum atomic E-state index is 13.8. The van der Waals surface area contributed by atoms with Crippen molar-refractivity contribution in [3.63, 3.8) is 0 Å². The number of Topliss-reactive ketones (excluding diaryl/α,β-unsaturated/α-hetero) is 1. The molecule has 9 atom stereocenters. The van der Waals surface area contributed by atoms with Crippen molar-refractivity contribution in [2.24, 2.45) is 52.8 Å². The van der Waals surface area contributed by atoms with E-state index in [2.05, 4.69) is 18.1 Å². The van der Waals surface area contributed by atoms with Crippen LogP contribution in [-0.2, 0) is 11.3 Å². The van der Waals surface area contributed by atoms with E-state index in [0.717, 1.165) is 49.9 Å². The normalized spacial score (nSPS) is 44.4. The van der Waals surface area contributed by atoms with E-state index in [-0.39, 0.29) is 29.4 Å². The van der Waals surface area contributed by atoms with Gasteiger partial charge in [0, 0.05) is 12.0 Å². The zero-order valence-electron chi connectivity index (χ0n) is 21.1. The number of nitriles is 2. The van der Waals surface area contributed by atoms with E-state index in [0.29, 0.717) is 29.4 Å². The minimum atomic E-state index is -0.487. The Morgan fingerprint density at radius 1 is 1.03 bits per heavy atom. The summed E-state index contributed by atoms with van der Waals surface area (Å²) < 4.78 is 1.45. The largest absolute Gasteiger partial charge is 0.390 e. The van der Waals surface area contributed by atoms with Gasteiger partial charge < -0.3 is 5.11 Å². The molecule has 0 saturated heterocycles. The minimum absolute atomic E-state index is 0.0186. The molecule has 1 N–H and O–H groups in total. The number of fused-ring (bicyclic) bond motifs is 5. The molecule has 6 rings (SSSR count). The fourth-order valence-electron chi connectivity index (χ4n) is 9.71. The lowest BCUT2D eigenvalue weighted by atomic mass is 9.48. The van der Waals surface area contributed by atoms with E-state index in [4.69, 9.17) is 0 Å². The summed E-state index contributed by atoms with van der Waals surface area (Å²) in [6, 6.07) is 5.57. The Balaban J connectivity index is 1.27. The van der Waals surface area contributed by atoms with E-state index in [1.54, 1.807) is 0 Å². The summed E-state index contributed by atoms with van der Waals surface area (Å²) in [6.45, 7) is 4.54. The van der Waals surface area contributed by atoms with E-state index in [9.17, 15) is 20.4 Å². The van der Waals surface area contributed by atoms with Gasteiger partial charge in [0.15, 0.2) is 11.5 Å². The molecule has 35 heavy (non-hydrogen) atoms. The highest BCUT2D eigenvalue weighted by Crippen LogP contribution is 2.69. The standard InChI is InChI=1S/C29H38N4O2/c1-28(35)9-7-21-18(13-28)5-6-23-22(21)8-10-29(2)25(12-24(27(23)29)17-3-4-17)26(34)16-33-20(15-31)11-19(14-30)32-33/h11,17-18,21-25,27,35H,3-10,12-13,16H2,1-2H3/t18-,21+,22-,23?,24+,25-,27-,28-,29-/m1/s1. The first kappa shape index (κ1) is 23.2. The lowest BCUT2D eigenvalue weighted by molar-refractivity contribution is -0.134. The number of nitrogens with zero attached hydrogens (tertiary/aromatic N) is 4. The van der Waals surface area contributed by atoms with Gasteiger partial charge in [0.05, 0.1) is 5.60 Å². The summed E-state index contributed by atoms with van der Waals surface area (Å²) in [6.07, 6.45) is 11.5. The van der Waals surface area contributed by atoms with E-state index < -0.39 is 5.60 Å². The second-order valence-electron chi connectivity index (χ2n) is 13.2. The number of ketones is 1. The molecule has 5 fully saturated rings. The highest BCUT2D eigenvalue weighted by molar-refractivity contribution is 5.82. The molecule has 6 heteroatoms. The Bertz CT molecular complexity index is 1100. The Labute approximate surface area is 208 Å². The second kappa shape index (κ2) is 8.17. The molecule has 6 nitrogen and oxygen atoms in total. The average Bonchev–Trinajstić information content (AvgIpc) is 3.51. The molecule has 0 aromatic carbocycles. The van der Waals surface area contributed by atoms with Gasteiger partial charge in [-0.05, 0) is 118 Å². The fourth-order valence-corrected chi connectivity index (χ4v) is 9.71. The van der Waals surface area contributed by atoms with Crippen LogP contribution in [0.3, 0.4) is 0 Å². The van der Waals surface area contributed by atoms with Gasteiger partial charge in [0.25, 0.3) is 0 Å². The smallest absolute Gasteiger partial charge is 0.163 e. The average molecular weight is 475 g/mol. The summed E-state index contributed by atoms with van der Waals surface area (Å²) >= 11 is 0. The van der Waals surface area contributed by atoms with Gasteiger partial charge >= 0.3 is 0 Å². The first-order valence-corrected chi connectivity index (χ1v) is 13.9. The molecule has 5 aliphatic rings. The number of hydrogen-bond donors (Lipinski definition) is 1. The molecular formula is C29H38N4O2. The summed E-state index contributed by atoms with van der Waals surface area (Å²) in [4.78, 5) is 13.8. The van der Waals surface area contributed by atoms with Crippen LogP contribution < -0.4 is 0 Å². The maximum Gasteiger partial charge on any atom is 0.163 e. The molecule has 5 aliphatic carbocycles. The van der Waals surface area contributed by atoms with Gasteiger partial charge in [-0.25, -0.2) is 4.68 Å². The highest BCUT2D eigenvalue weighted by Gasteiger charge is 2.63. The lowest BCUT2D eigenvalue weighted by Crippen LogP contribution is -2.52. The van der Waals surface area contributed by atoms with Crippen LogP contribution in [0.25, 0.3) is 0 Å². The van der Waals surface area contributed by atoms with Crippen LogP contribution in [-0.4, -0.2) is 26.3 Å². The van der Waals surface area contributed by atoms with Gasteiger partial charge in [0.2, 0.25) is 0 Å². The third-order valence-electron chi connectivity index (χ3n) is 11.2. The summed E-state index contributed by atoms with van der Waals surface area (Å²) in [7, 11) is 0. The first-order chi connectivity index (χ1) is 16.7. The predicted octanol–water partition coefficient (Wildman–Crippen LogP) is 4.85. The van der Waals surface area contributed by atoms with Crippen molar-refractivity contribution < 1.29 is 9.90 Å². The number of carbonyl (C=O) groups excluding carboxylic acids is 1. The van der Waals surface area contributed by atoms with E-state index in [1.165, 1.54) is 42.9 Å². The van der Waals surface area contributed by atoms with Gasteiger partial charge in [-0.3, -0.25) is 4.79 Å². The fraction of sp³-hybridized carbons (Fsp3) is 0.793. The topological polar surface area (TPSA) is 103 Å². The Morgan fingerprint density at radius 3 is 2.49 bits per heavy atom. The van der Waals surface area contributed by atoms with Gasteiger partial charge in [0.1, 0.15) is 24.4 Å². The highest BCUT2D eigenvalue weighted by atomic mass is 16.3. The van der Waals surface area contributed by atoms with Crippen LogP contribution in [0.15, 0.2) is 6.07 Å². The molecule has 0 bridgehead atoms. The van der Waals surface area contributed by atoms with Crippen LogP contribution in [0.2, 0.25) is 0 Å². The Hall–Kier alpha value is -2.18. The summed E-state index contributed by atoms with van der Waals surface area (Å²) in [5, 5.41) is 33.6. The number of rotatable bonds is 4. The van der Waals surface area contributed by atoms with Crippen LogP contribution >= 0.6 is 0 Å². The predicted molar refractivity (Wildman–Crippen MR) is 129 cm³/mol. The van der Waals surface area contributed by atoms with E-state index in [1.807, 2.05) is 13.0 Å². The third-order valence-corrected chi connectivity index (χ3v) is 11.2. The summed E-state index contributed by atoms with van der Waals surface area (Å²) in [5.41, 5.74) is 0.0305. The zero-order chi connectivity index (χ0) is 24.5. The number of hydrogen-bond acceptors (Lipinski definition) is 5. The molecule has 1 aromatic rings. The molecule has 186 valence electrons. The molecular weight excluding hydrogens is 436 g/mol. The lowest BCUT2D eigenvalue weighted by Gasteiger charge is -2.57. The van der Waals surface area contributed by atoms with Crippen LogP contribution in [0.5, 0.6) is 0 Å². The minimum Gasteiger partial charge on any atom is -0.390 e. The van der Waals surface area contributed by atoms with E-state index >= 15 is 0 Å². The number of carbonyl (C=O) groups is 1. The molecule has 0 radical (unpaired) electrons. The van der Waals surface area contributed by atoms with Gasteiger partial charge in [-0.15, -0.1) is 0 Å². The van der Waals surface area contributed by atoms with Gasteiger partial charge in [-0.1, -0.05) is 6.92 Å². The van der Waals surface area contributed by atoms with Crippen molar-refractivity contribution in [2.75, 3.05) is 0 Å². The molecule has 5 saturated carbocycles. The SMILES string of the molecule is C[C@@]1(O)CC[C@H]2[C@H](CCC3[C@@H]4[C@H](C5CC5)C[C@H](C(=O)Cn5nc(C#N)cc5C#N)[C@@]4(C)CC[C@@H]32)C1. The van der Waals surface area contributed by atoms with Crippen LogP contribution in [0, 0.1) is 75.4 Å². The molecule has 0 spiro atoms. The van der Waals surface area contributed by atoms with Crippen molar-refractivity contribution in [2.45, 2.75) is 90.2 Å². The van der Waals surface area contributed by atoms with Crippen molar-refractivity contribution in [3.05, 3.63) is 17.5 Å². The molecule has 1 unspecified atom stereocenters. The van der Waals surface area contributed by atoms with Crippen molar-refractivity contribution in [3.8, 4) is 12.1 Å². The van der Waals surface area contributed by atoms with Crippen molar-refractivity contribution >= 4 is 5.78 Å². The molecule has 0 amide bonds. The monoisotopic (exact) mass is 474 g/mol.